The summed E-state index contributed by atoms with van der Waals surface area (Å²) in [4.78, 5) is 13.4. The van der Waals surface area contributed by atoms with Crippen LogP contribution in [0.1, 0.15) is 38.5 Å². The van der Waals surface area contributed by atoms with Crippen molar-refractivity contribution < 1.29 is 4.79 Å². The number of rotatable bonds is 6. The lowest BCUT2D eigenvalue weighted by Gasteiger charge is -2.27. The Hall–Kier alpha value is -0.610. The second kappa shape index (κ2) is 5.83. The van der Waals surface area contributed by atoms with E-state index >= 15 is 0 Å². The average molecular weight is 239 g/mol. The number of carbonyl (C=O) groups excluding carboxylic acids is 1. The van der Waals surface area contributed by atoms with Crippen molar-refractivity contribution in [3.05, 3.63) is 0 Å². The molecule has 3 atom stereocenters. The average Bonchev–Trinajstić information content (AvgIpc) is 2.90. The summed E-state index contributed by atoms with van der Waals surface area (Å²) in [5.41, 5.74) is 2.18. The predicted molar refractivity (Wildman–Crippen MR) is 68.0 cm³/mol. The first kappa shape index (κ1) is 12.8. The molecule has 4 heteroatoms. The van der Waals surface area contributed by atoms with Crippen LogP contribution in [0.2, 0.25) is 0 Å². The third-order valence-electron chi connectivity index (χ3n) is 4.54. The summed E-state index contributed by atoms with van der Waals surface area (Å²) in [6.07, 6.45) is 7.30. The van der Waals surface area contributed by atoms with Crippen LogP contribution >= 0.6 is 0 Å². The highest BCUT2D eigenvalue weighted by molar-refractivity contribution is 5.75. The largest absolute Gasteiger partial charge is 0.306 e. The Kier molecular flexibility index (Phi) is 4.40. The molecule has 2 saturated carbocycles. The molecule has 0 saturated heterocycles. The second-order valence-corrected chi connectivity index (χ2v) is 5.87. The van der Waals surface area contributed by atoms with Gasteiger partial charge in [0.15, 0.2) is 0 Å². The minimum absolute atomic E-state index is 0.0571. The third kappa shape index (κ3) is 3.42. The van der Waals surface area contributed by atoms with E-state index in [-0.39, 0.29) is 5.91 Å². The lowest BCUT2D eigenvalue weighted by molar-refractivity contribution is -0.121. The fraction of sp³-hybridized carbons (Fsp3) is 0.923. The number of nitrogens with zero attached hydrogens (tertiary/aromatic N) is 1. The molecule has 0 aromatic rings. The van der Waals surface area contributed by atoms with E-state index in [1.54, 1.807) is 0 Å². The summed E-state index contributed by atoms with van der Waals surface area (Å²) in [5.74, 6) is 7.93. The second-order valence-electron chi connectivity index (χ2n) is 5.87. The van der Waals surface area contributed by atoms with Gasteiger partial charge in [0.2, 0.25) is 5.91 Å². The van der Waals surface area contributed by atoms with Crippen molar-refractivity contribution in [1.82, 2.24) is 10.3 Å². The monoisotopic (exact) mass is 239 g/mol. The zero-order valence-electron chi connectivity index (χ0n) is 10.8. The van der Waals surface area contributed by atoms with Crippen LogP contribution in [0.4, 0.5) is 0 Å². The van der Waals surface area contributed by atoms with Crippen molar-refractivity contribution in [2.24, 2.45) is 23.6 Å². The summed E-state index contributed by atoms with van der Waals surface area (Å²) < 4.78 is 0. The van der Waals surface area contributed by atoms with Gasteiger partial charge in [0, 0.05) is 13.0 Å². The van der Waals surface area contributed by atoms with Gasteiger partial charge in [0.25, 0.3) is 0 Å². The maximum absolute atomic E-state index is 11.0. The molecule has 2 fully saturated rings. The quantitative estimate of drug-likeness (QED) is 0.415. The van der Waals surface area contributed by atoms with E-state index < -0.39 is 0 Å². The molecule has 2 aliphatic carbocycles. The van der Waals surface area contributed by atoms with E-state index in [0.29, 0.717) is 6.42 Å². The standard InChI is InChI=1S/C13H25N3O/c1-16(6-2-3-13(17)15-14)9-12-8-10-4-5-11(12)7-10/h10-12H,2-9,14H2,1H3,(H,15,17). The Morgan fingerprint density at radius 1 is 1.41 bits per heavy atom. The number of carbonyl (C=O) groups is 1. The molecule has 3 N–H and O–H groups in total. The summed E-state index contributed by atoms with van der Waals surface area (Å²) in [5, 5.41) is 0. The van der Waals surface area contributed by atoms with E-state index in [0.717, 1.165) is 30.7 Å². The molecule has 0 spiro atoms. The van der Waals surface area contributed by atoms with Gasteiger partial charge in [-0.15, -0.1) is 0 Å². The normalized spacial score (nSPS) is 31.1. The van der Waals surface area contributed by atoms with E-state index in [4.69, 9.17) is 5.84 Å². The molecule has 2 rings (SSSR count). The van der Waals surface area contributed by atoms with Crippen LogP contribution in [0, 0.1) is 17.8 Å². The van der Waals surface area contributed by atoms with Crippen molar-refractivity contribution in [2.75, 3.05) is 20.1 Å². The zero-order chi connectivity index (χ0) is 12.3. The minimum Gasteiger partial charge on any atom is -0.306 e. The molecule has 0 aromatic heterocycles. The van der Waals surface area contributed by atoms with Crippen LogP contribution in [0.15, 0.2) is 0 Å². The van der Waals surface area contributed by atoms with Crippen LogP contribution < -0.4 is 11.3 Å². The van der Waals surface area contributed by atoms with Crippen LogP contribution in [-0.4, -0.2) is 30.9 Å². The van der Waals surface area contributed by atoms with E-state index in [2.05, 4.69) is 17.4 Å². The van der Waals surface area contributed by atoms with Gasteiger partial charge in [0.05, 0.1) is 0 Å². The van der Waals surface area contributed by atoms with E-state index in [1.165, 1.54) is 32.2 Å². The number of hydrazine groups is 1. The first-order chi connectivity index (χ1) is 8.19. The highest BCUT2D eigenvalue weighted by Crippen LogP contribution is 2.48. The Bertz CT molecular complexity index is 269. The number of nitrogens with one attached hydrogen (secondary N) is 1. The molecular weight excluding hydrogens is 214 g/mol. The van der Waals surface area contributed by atoms with Crippen LogP contribution in [0.3, 0.4) is 0 Å². The molecular formula is C13H25N3O. The van der Waals surface area contributed by atoms with Gasteiger partial charge < -0.3 is 4.90 Å². The van der Waals surface area contributed by atoms with E-state index in [1.807, 2.05) is 0 Å². The van der Waals surface area contributed by atoms with Crippen LogP contribution in [0.5, 0.6) is 0 Å². The highest BCUT2D eigenvalue weighted by atomic mass is 16.2. The van der Waals surface area contributed by atoms with Crippen molar-refractivity contribution in [3.8, 4) is 0 Å². The fourth-order valence-corrected chi connectivity index (χ4v) is 3.67. The fourth-order valence-electron chi connectivity index (χ4n) is 3.67. The van der Waals surface area contributed by atoms with Crippen molar-refractivity contribution in [2.45, 2.75) is 38.5 Å². The summed E-state index contributed by atoms with van der Waals surface area (Å²) in [7, 11) is 2.17. The minimum atomic E-state index is -0.0571. The Morgan fingerprint density at radius 2 is 2.24 bits per heavy atom. The number of fused-ring (bicyclic) bond motifs is 2. The molecule has 98 valence electrons. The molecule has 2 bridgehead atoms. The van der Waals surface area contributed by atoms with Gasteiger partial charge in [-0.1, -0.05) is 6.42 Å². The molecule has 1 amide bonds. The van der Waals surface area contributed by atoms with Crippen molar-refractivity contribution in [1.29, 1.82) is 0 Å². The Balaban J connectivity index is 1.61. The van der Waals surface area contributed by atoms with E-state index in [9.17, 15) is 4.79 Å². The molecule has 0 aromatic carbocycles. The highest BCUT2D eigenvalue weighted by Gasteiger charge is 2.39. The lowest BCUT2D eigenvalue weighted by atomic mass is 9.88. The van der Waals surface area contributed by atoms with Crippen LogP contribution in [0.25, 0.3) is 0 Å². The van der Waals surface area contributed by atoms with Gasteiger partial charge in [0.1, 0.15) is 0 Å². The first-order valence-electron chi connectivity index (χ1n) is 6.87. The van der Waals surface area contributed by atoms with Gasteiger partial charge in [-0.3, -0.25) is 10.2 Å². The molecule has 4 nitrogen and oxygen atoms in total. The number of hydrogen-bond donors (Lipinski definition) is 2. The first-order valence-corrected chi connectivity index (χ1v) is 6.87. The summed E-state index contributed by atoms with van der Waals surface area (Å²) >= 11 is 0. The molecule has 0 aliphatic heterocycles. The molecule has 17 heavy (non-hydrogen) atoms. The zero-order valence-corrected chi connectivity index (χ0v) is 10.8. The number of amides is 1. The maximum Gasteiger partial charge on any atom is 0.233 e. The maximum atomic E-state index is 11.0. The number of nitrogens with two attached hydrogens (primary N) is 1. The van der Waals surface area contributed by atoms with Gasteiger partial charge >= 0.3 is 0 Å². The summed E-state index contributed by atoms with van der Waals surface area (Å²) in [6.45, 7) is 2.21. The molecule has 0 radical (unpaired) electrons. The van der Waals surface area contributed by atoms with Gasteiger partial charge in [-0.05, 0) is 57.0 Å². The lowest BCUT2D eigenvalue weighted by Crippen LogP contribution is -2.32. The number of hydrogen-bond acceptors (Lipinski definition) is 3. The predicted octanol–water partition coefficient (Wildman–Crippen LogP) is 1.12. The summed E-state index contributed by atoms with van der Waals surface area (Å²) in [6, 6.07) is 0. The van der Waals surface area contributed by atoms with Crippen molar-refractivity contribution >= 4 is 5.91 Å². The van der Waals surface area contributed by atoms with Gasteiger partial charge in [-0.2, -0.15) is 0 Å². The van der Waals surface area contributed by atoms with Gasteiger partial charge in [-0.25, -0.2) is 5.84 Å². The third-order valence-corrected chi connectivity index (χ3v) is 4.54. The van der Waals surface area contributed by atoms with Crippen LogP contribution in [-0.2, 0) is 4.79 Å². The topological polar surface area (TPSA) is 58.4 Å². The Labute approximate surface area is 104 Å². The smallest absolute Gasteiger partial charge is 0.233 e. The molecule has 3 unspecified atom stereocenters. The Morgan fingerprint density at radius 3 is 2.82 bits per heavy atom. The molecule has 2 aliphatic rings. The molecule has 0 heterocycles. The SMILES string of the molecule is CN(CCCC(=O)NN)CC1CC2CCC1C2. The van der Waals surface area contributed by atoms with Crippen molar-refractivity contribution in [3.63, 3.8) is 0 Å².